The number of carbonyl (C=O) groups is 1. The van der Waals surface area contributed by atoms with Gasteiger partial charge in [-0.2, -0.15) is 5.10 Å². The maximum absolute atomic E-state index is 13.3. The van der Waals surface area contributed by atoms with E-state index in [0.717, 1.165) is 18.7 Å². The van der Waals surface area contributed by atoms with Crippen LogP contribution >= 0.6 is 0 Å². The van der Waals surface area contributed by atoms with Gasteiger partial charge in [0.25, 0.3) is 5.91 Å². The first kappa shape index (κ1) is 17.2. The van der Waals surface area contributed by atoms with E-state index in [1.165, 1.54) is 18.5 Å². The molecular weight excluding hydrogens is 326 g/mol. The number of nitrogens with zero attached hydrogens (tertiary/aromatic N) is 4. The first-order chi connectivity index (χ1) is 12.4. The lowest BCUT2D eigenvalue weighted by molar-refractivity contribution is 0.0626. The molecule has 138 valence electrons. The number of pyridine rings is 1. The molecule has 2 aromatic rings. The molecule has 1 saturated heterocycles. The van der Waals surface area contributed by atoms with E-state index in [2.05, 4.69) is 35.8 Å². The number of piperazine rings is 1. The van der Waals surface area contributed by atoms with Crippen molar-refractivity contribution in [2.24, 2.45) is 0 Å². The Bertz CT molecular complexity index is 788. The Morgan fingerprint density at radius 1 is 1.31 bits per heavy atom. The number of rotatable bonds is 3. The van der Waals surface area contributed by atoms with Gasteiger partial charge in [0.2, 0.25) is 0 Å². The molecule has 1 unspecified atom stereocenters. The highest BCUT2D eigenvalue weighted by Gasteiger charge is 2.35. The van der Waals surface area contributed by atoms with Gasteiger partial charge in [0, 0.05) is 43.6 Å². The molecule has 0 aromatic carbocycles. The second-order valence-electron chi connectivity index (χ2n) is 8.32. The fraction of sp³-hybridized carbons (Fsp3) is 0.550. The van der Waals surface area contributed by atoms with E-state index in [1.54, 1.807) is 6.20 Å². The van der Waals surface area contributed by atoms with Gasteiger partial charge in [0.1, 0.15) is 0 Å². The van der Waals surface area contributed by atoms with Crippen molar-refractivity contribution in [2.75, 3.05) is 19.6 Å². The van der Waals surface area contributed by atoms with Gasteiger partial charge in [0.15, 0.2) is 5.69 Å². The SMILES string of the molecule is CC(C)(C)n1nc(C(=O)N2CCNCC2c2cccnc2)cc1C1CC1. The van der Waals surface area contributed by atoms with Crippen LogP contribution in [0.4, 0.5) is 0 Å². The fourth-order valence-electron chi connectivity index (χ4n) is 3.67. The molecule has 1 aliphatic heterocycles. The molecule has 2 aromatic heterocycles. The van der Waals surface area contributed by atoms with E-state index in [1.807, 2.05) is 29.3 Å². The van der Waals surface area contributed by atoms with Crippen molar-refractivity contribution >= 4 is 5.91 Å². The molecular formula is C20H27N5O. The molecule has 26 heavy (non-hydrogen) atoms. The number of carbonyl (C=O) groups excluding carboxylic acids is 1. The summed E-state index contributed by atoms with van der Waals surface area (Å²) in [5.74, 6) is 0.575. The van der Waals surface area contributed by atoms with Gasteiger partial charge < -0.3 is 10.2 Å². The third-order valence-corrected chi connectivity index (χ3v) is 5.16. The van der Waals surface area contributed by atoms with E-state index in [4.69, 9.17) is 5.10 Å². The zero-order valence-corrected chi connectivity index (χ0v) is 15.8. The first-order valence-electron chi connectivity index (χ1n) is 9.47. The largest absolute Gasteiger partial charge is 0.328 e. The van der Waals surface area contributed by atoms with Crippen LogP contribution in [0.5, 0.6) is 0 Å². The van der Waals surface area contributed by atoms with Gasteiger partial charge in [0.05, 0.1) is 11.6 Å². The van der Waals surface area contributed by atoms with E-state index >= 15 is 0 Å². The molecule has 2 aliphatic rings. The van der Waals surface area contributed by atoms with Gasteiger partial charge in [-0.25, -0.2) is 0 Å². The fourth-order valence-corrected chi connectivity index (χ4v) is 3.67. The Kier molecular flexibility index (Phi) is 4.31. The minimum Gasteiger partial charge on any atom is -0.328 e. The predicted octanol–water partition coefficient (Wildman–Crippen LogP) is 2.70. The number of hydrogen-bond donors (Lipinski definition) is 1. The Labute approximate surface area is 154 Å². The van der Waals surface area contributed by atoms with E-state index in [9.17, 15) is 4.79 Å². The highest BCUT2D eigenvalue weighted by Crippen LogP contribution is 2.42. The molecule has 1 saturated carbocycles. The van der Waals surface area contributed by atoms with Crippen LogP contribution in [0.15, 0.2) is 30.6 Å². The van der Waals surface area contributed by atoms with Gasteiger partial charge in [-0.05, 0) is 51.3 Å². The maximum Gasteiger partial charge on any atom is 0.274 e. The number of nitrogens with one attached hydrogen (secondary N) is 1. The van der Waals surface area contributed by atoms with Crippen LogP contribution in [-0.4, -0.2) is 45.2 Å². The zero-order valence-electron chi connectivity index (χ0n) is 15.8. The van der Waals surface area contributed by atoms with Gasteiger partial charge in [-0.1, -0.05) is 6.07 Å². The number of aromatic nitrogens is 3. The molecule has 2 fully saturated rings. The molecule has 0 spiro atoms. The average molecular weight is 353 g/mol. The van der Waals surface area contributed by atoms with Gasteiger partial charge >= 0.3 is 0 Å². The first-order valence-corrected chi connectivity index (χ1v) is 9.47. The van der Waals surface area contributed by atoms with Crippen molar-refractivity contribution in [1.82, 2.24) is 25.0 Å². The molecule has 0 radical (unpaired) electrons. The maximum atomic E-state index is 13.3. The summed E-state index contributed by atoms with van der Waals surface area (Å²) in [4.78, 5) is 19.5. The van der Waals surface area contributed by atoms with Crippen molar-refractivity contribution < 1.29 is 4.79 Å². The Morgan fingerprint density at radius 2 is 2.12 bits per heavy atom. The summed E-state index contributed by atoms with van der Waals surface area (Å²) in [5, 5.41) is 8.13. The normalized spacial score (nSPS) is 21.0. The standard InChI is InChI=1S/C20H27N5O/c1-20(2,3)25-17(14-6-7-14)11-16(23-25)19(26)24-10-9-22-13-18(24)15-5-4-8-21-12-15/h4-5,8,11-12,14,18,22H,6-7,9-10,13H2,1-3H3. The van der Waals surface area contributed by atoms with Crippen LogP contribution in [-0.2, 0) is 5.54 Å². The highest BCUT2D eigenvalue weighted by molar-refractivity contribution is 5.93. The average Bonchev–Trinajstić information content (AvgIpc) is 3.39. The molecule has 1 amide bonds. The molecule has 1 N–H and O–H groups in total. The number of hydrogen-bond acceptors (Lipinski definition) is 4. The summed E-state index contributed by atoms with van der Waals surface area (Å²) in [6, 6.07) is 5.97. The summed E-state index contributed by atoms with van der Waals surface area (Å²) < 4.78 is 2.05. The minimum atomic E-state index is -0.122. The van der Waals surface area contributed by atoms with Crippen molar-refractivity contribution in [2.45, 2.75) is 51.1 Å². The van der Waals surface area contributed by atoms with Crippen molar-refractivity contribution in [3.8, 4) is 0 Å². The zero-order chi connectivity index (χ0) is 18.3. The van der Waals surface area contributed by atoms with Crippen LogP contribution in [0.1, 0.15) is 67.3 Å². The summed E-state index contributed by atoms with van der Waals surface area (Å²) in [5.41, 5.74) is 2.71. The van der Waals surface area contributed by atoms with Crippen LogP contribution in [0.25, 0.3) is 0 Å². The topological polar surface area (TPSA) is 63.1 Å². The Balaban J connectivity index is 1.66. The molecule has 3 heterocycles. The summed E-state index contributed by atoms with van der Waals surface area (Å²) in [6.07, 6.45) is 6.00. The van der Waals surface area contributed by atoms with Crippen LogP contribution < -0.4 is 5.32 Å². The second kappa shape index (κ2) is 6.50. The third-order valence-electron chi connectivity index (χ3n) is 5.16. The van der Waals surface area contributed by atoms with Crippen molar-refractivity contribution in [3.05, 3.63) is 47.5 Å². The molecule has 0 bridgehead atoms. The number of amides is 1. The molecule has 4 rings (SSSR count). The predicted molar refractivity (Wildman–Crippen MR) is 100 cm³/mol. The molecule has 1 atom stereocenters. The lowest BCUT2D eigenvalue weighted by atomic mass is 10.0. The highest BCUT2D eigenvalue weighted by atomic mass is 16.2. The summed E-state index contributed by atoms with van der Waals surface area (Å²) in [6.45, 7) is 8.65. The second-order valence-corrected chi connectivity index (χ2v) is 8.32. The van der Waals surface area contributed by atoms with E-state index in [-0.39, 0.29) is 17.5 Å². The molecule has 6 nitrogen and oxygen atoms in total. The molecule has 1 aliphatic carbocycles. The summed E-state index contributed by atoms with van der Waals surface area (Å²) >= 11 is 0. The van der Waals surface area contributed by atoms with Crippen molar-refractivity contribution in [1.29, 1.82) is 0 Å². The lowest BCUT2D eigenvalue weighted by Crippen LogP contribution is -2.48. The summed E-state index contributed by atoms with van der Waals surface area (Å²) in [7, 11) is 0. The minimum absolute atomic E-state index is 0.00545. The lowest BCUT2D eigenvalue weighted by Gasteiger charge is -2.36. The van der Waals surface area contributed by atoms with E-state index in [0.29, 0.717) is 18.2 Å². The Hall–Kier alpha value is -2.21. The van der Waals surface area contributed by atoms with Gasteiger partial charge in [-0.3, -0.25) is 14.5 Å². The monoisotopic (exact) mass is 353 g/mol. The van der Waals surface area contributed by atoms with E-state index < -0.39 is 0 Å². The smallest absolute Gasteiger partial charge is 0.274 e. The van der Waals surface area contributed by atoms with Crippen LogP contribution in [0.2, 0.25) is 0 Å². The Morgan fingerprint density at radius 3 is 2.77 bits per heavy atom. The van der Waals surface area contributed by atoms with Crippen molar-refractivity contribution in [3.63, 3.8) is 0 Å². The van der Waals surface area contributed by atoms with Gasteiger partial charge in [-0.15, -0.1) is 0 Å². The van der Waals surface area contributed by atoms with Crippen LogP contribution in [0.3, 0.4) is 0 Å². The molecule has 6 heteroatoms. The van der Waals surface area contributed by atoms with Crippen LogP contribution in [0, 0.1) is 0 Å². The third kappa shape index (κ3) is 3.26. The quantitative estimate of drug-likeness (QED) is 0.921.